The van der Waals surface area contributed by atoms with Crippen molar-refractivity contribution in [2.24, 2.45) is 0 Å². The minimum Gasteiger partial charge on any atom is -0.340 e. The zero-order chi connectivity index (χ0) is 20.1. The third kappa shape index (κ3) is 2.84. The molecule has 28 heavy (non-hydrogen) atoms. The van der Waals surface area contributed by atoms with Crippen LogP contribution in [0.25, 0.3) is 0 Å². The van der Waals surface area contributed by atoms with Gasteiger partial charge in [0.25, 0.3) is 10.0 Å². The van der Waals surface area contributed by atoms with Crippen LogP contribution in [0.1, 0.15) is 22.8 Å². The monoisotopic (exact) mass is 398 g/mol. The molecule has 0 N–H and O–H groups in total. The highest BCUT2D eigenvalue weighted by atomic mass is 32.2. The van der Waals surface area contributed by atoms with Gasteiger partial charge >= 0.3 is 6.03 Å². The van der Waals surface area contributed by atoms with Crippen LogP contribution in [0.2, 0.25) is 0 Å². The molecule has 2 heterocycles. The van der Waals surface area contributed by atoms with Crippen LogP contribution in [-0.4, -0.2) is 24.6 Å². The maximum Gasteiger partial charge on any atom is 0.343 e. The first-order valence-corrected chi connectivity index (χ1v) is 10.1. The van der Waals surface area contributed by atoms with Crippen molar-refractivity contribution in [3.8, 4) is 0 Å². The van der Waals surface area contributed by atoms with Crippen molar-refractivity contribution in [1.82, 2.24) is 10.1 Å². The molecule has 8 nitrogen and oxygen atoms in total. The molecule has 1 aliphatic heterocycles. The second-order valence-electron chi connectivity index (χ2n) is 6.63. The Balaban J connectivity index is 1.91. The fourth-order valence-corrected chi connectivity index (χ4v) is 4.83. The summed E-state index contributed by atoms with van der Waals surface area (Å²) in [5, 5.41) is 3.84. The first-order valence-electron chi connectivity index (χ1n) is 8.61. The first kappa shape index (κ1) is 18.2. The predicted octanol–water partition coefficient (Wildman–Crippen LogP) is 3.33. The van der Waals surface area contributed by atoms with Gasteiger partial charge in [0.15, 0.2) is 5.82 Å². The van der Waals surface area contributed by atoms with E-state index >= 15 is 0 Å². The van der Waals surface area contributed by atoms with Crippen molar-refractivity contribution < 1.29 is 17.7 Å². The lowest BCUT2D eigenvalue weighted by Crippen LogP contribution is -2.51. The van der Waals surface area contributed by atoms with Gasteiger partial charge in [0.2, 0.25) is 5.89 Å². The molecule has 4 rings (SSSR count). The van der Waals surface area contributed by atoms with Gasteiger partial charge in [-0.25, -0.2) is 13.2 Å². The highest BCUT2D eigenvalue weighted by Crippen LogP contribution is 2.38. The Labute approximate surface area is 162 Å². The Morgan fingerprint density at radius 1 is 1.04 bits per heavy atom. The summed E-state index contributed by atoms with van der Waals surface area (Å²) >= 11 is 0. The molecule has 1 aliphatic rings. The van der Waals surface area contributed by atoms with Crippen LogP contribution in [0, 0.1) is 20.8 Å². The van der Waals surface area contributed by atoms with Crippen LogP contribution in [0.5, 0.6) is 0 Å². The van der Waals surface area contributed by atoms with Gasteiger partial charge in [0.1, 0.15) is 4.90 Å². The molecule has 0 saturated heterocycles. The molecule has 0 radical (unpaired) electrons. The van der Waals surface area contributed by atoms with Crippen molar-refractivity contribution in [2.45, 2.75) is 32.2 Å². The normalized spacial score (nSPS) is 15.6. The highest BCUT2D eigenvalue weighted by Gasteiger charge is 2.43. The second-order valence-corrected chi connectivity index (χ2v) is 8.38. The van der Waals surface area contributed by atoms with Gasteiger partial charge in [-0.05, 0) is 43.2 Å². The molecule has 9 heteroatoms. The summed E-state index contributed by atoms with van der Waals surface area (Å²) in [4.78, 5) is 18.9. The van der Waals surface area contributed by atoms with E-state index in [4.69, 9.17) is 4.52 Å². The number of nitrogens with zero attached hydrogens (tertiary/aromatic N) is 4. The van der Waals surface area contributed by atoms with Gasteiger partial charge < -0.3 is 4.52 Å². The van der Waals surface area contributed by atoms with E-state index in [2.05, 4.69) is 10.1 Å². The minimum atomic E-state index is -4.07. The van der Waals surface area contributed by atoms with Gasteiger partial charge in [-0.15, -0.1) is 0 Å². The molecule has 2 aromatic carbocycles. The lowest BCUT2D eigenvalue weighted by atomic mass is 10.1. The van der Waals surface area contributed by atoms with Gasteiger partial charge in [-0.2, -0.15) is 9.29 Å². The van der Waals surface area contributed by atoms with E-state index in [-0.39, 0.29) is 17.1 Å². The van der Waals surface area contributed by atoms with Gasteiger partial charge in [-0.3, -0.25) is 4.90 Å². The summed E-state index contributed by atoms with van der Waals surface area (Å²) < 4.78 is 32.5. The number of benzene rings is 2. The number of urea groups is 1. The Kier molecular flexibility index (Phi) is 4.19. The SMILES string of the molecule is Cc1ccc(C)c(N2C(=O)N(Cc3noc(C)n3)c3ccccc3S2(=O)=O)c1. The summed E-state index contributed by atoms with van der Waals surface area (Å²) in [5.41, 5.74) is 2.14. The Morgan fingerprint density at radius 3 is 2.50 bits per heavy atom. The molecular weight excluding hydrogens is 380 g/mol. The molecule has 0 spiro atoms. The van der Waals surface area contributed by atoms with E-state index < -0.39 is 16.1 Å². The van der Waals surface area contributed by atoms with E-state index in [1.165, 1.54) is 11.0 Å². The van der Waals surface area contributed by atoms with Crippen LogP contribution in [0.3, 0.4) is 0 Å². The largest absolute Gasteiger partial charge is 0.343 e. The van der Waals surface area contributed by atoms with E-state index in [0.29, 0.717) is 23.0 Å². The number of anilines is 2. The average Bonchev–Trinajstić information content (AvgIpc) is 3.06. The third-order valence-electron chi connectivity index (χ3n) is 4.53. The summed E-state index contributed by atoms with van der Waals surface area (Å²) in [7, 11) is -4.07. The number of hydrogen-bond donors (Lipinski definition) is 0. The number of amides is 2. The molecule has 0 aliphatic carbocycles. The predicted molar refractivity (Wildman–Crippen MR) is 103 cm³/mol. The maximum atomic E-state index is 13.4. The molecule has 144 valence electrons. The molecule has 3 aromatic rings. The van der Waals surface area contributed by atoms with Crippen LogP contribution in [0.4, 0.5) is 16.2 Å². The van der Waals surface area contributed by atoms with E-state index in [0.717, 1.165) is 9.87 Å². The number of carbonyl (C=O) groups is 1. The van der Waals surface area contributed by atoms with Crippen LogP contribution < -0.4 is 9.21 Å². The topological polar surface area (TPSA) is 96.6 Å². The van der Waals surface area contributed by atoms with E-state index in [1.54, 1.807) is 44.2 Å². The third-order valence-corrected chi connectivity index (χ3v) is 6.27. The van der Waals surface area contributed by atoms with Crippen molar-refractivity contribution in [1.29, 1.82) is 0 Å². The number of para-hydroxylation sites is 1. The number of aromatic nitrogens is 2. The Hall–Kier alpha value is -3.20. The summed E-state index contributed by atoms with van der Waals surface area (Å²) in [6, 6.07) is 11.1. The van der Waals surface area contributed by atoms with Crippen molar-refractivity contribution in [3.63, 3.8) is 0 Å². The second kappa shape index (κ2) is 6.45. The lowest BCUT2D eigenvalue weighted by Gasteiger charge is -2.36. The smallest absolute Gasteiger partial charge is 0.340 e. The molecule has 1 aromatic heterocycles. The highest BCUT2D eigenvalue weighted by molar-refractivity contribution is 7.94. The fourth-order valence-electron chi connectivity index (χ4n) is 3.18. The number of rotatable bonds is 3. The minimum absolute atomic E-state index is 0.00985. The zero-order valence-electron chi connectivity index (χ0n) is 15.6. The van der Waals surface area contributed by atoms with Crippen molar-refractivity contribution in [2.75, 3.05) is 9.21 Å². The zero-order valence-corrected chi connectivity index (χ0v) is 16.4. The number of sulfonamides is 1. The maximum absolute atomic E-state index is 13.4. The standard InChI is InChI=1S/C19H18N4O4S/c1-12-8-9-13(2)16(10-12)23-19(24)22(11-18-20-14(3)27-21-18)15-6-4-5-7-17(15)28(23,25)26/h4-10H,11H2,1-3H3. The van der Waals surface area contributed by atoms with Gasteiger partial charge in [0.05, 0.1) is 17.9 Å². The van der Waals surface area contributed by atoms with E-state index in [1.807, 2.05) is 13.0 Å². The molecule has 0 atom stereocenters. The molecule has 0 unspecified atom stereocenters. The van der Waals surface area contributed by atoms with Gasteiger partial charge in [0, 0.05) is 6.92 Å². The Bertz CT molecular complexity index is 1190. The Morgan fingerprint density at radius 2 is 1.79 bits per heavy atom. The average molecular weight is 398 g/mol. The number of hydrogen-bond acceptors (Lipinski definition) is 6. The molecule has 2 amide bonds. The van der Waals surface area contributed by atoms with Crippen LogP contribution in [-0.2, 0) is 16.6 Å². The summed E-state index contributed by atoms with van der Waals surface area (Å²) in [6.45, 7) is 5.25. The lowest BCUT2D eigenvalue weighted by molar-refractivity contribution is 0.253. The quantitative estimate of drug-likeness (QED) is 0.671. The van der Waals surface area contributed by atoms with Crippen LogP contribution >= 0.6 is 0 Å². The van der Waals surface area contributed by atoms with Crippen molar-refractivity contribution in [3.05, 3.63) is 65.3 Å². The first-order chi connectivity index (χ1) is 13.3. The number of carbonyl (C=O) groups excluding carboxylic acids is 1. The van der Waals surface area contributed by atoms with Gasteiger partial charge in [-0.1, -0.05) is 29.4 Å². The number of fused-ring (bicyclic) bond motifs is 1. The summed E-state index contributed by atoms with van der Waals surface area (Å²) in [5.74, 6) is 0.660. The van der Waals surface area contributed by atoms with Crippen LogP contribution in [0.15, 0.2) is 51.9 Å². The molecular formula is C19H18N4O4S. The van der Waals surface area contributed by atoms with E-state index in [9.17, 15) is 13.2 Å². The summed E-state index contributed by atoms with van der Waals surface area (Å²) in [6.07, 6.45) is 0. The molecule has 0 bridgehead atoms. The molecule has 0 fully saturated rings. The fraction of sp³-hybridized carbons (Fsp3) is 0.211. The molecule has 0 saturated carbocycles. The van der Waals surface area contributed by atoms with Crippen molar-refractivity contribution >= 4 is 27.4 Å². The number of aryl methyl sites for hydroxylation is 3.